The van der Waals surface area contributed by atoms with Gasteiger partial charge in [-0.2, -0.15) is 0 Å². The van der Waals surface area contributed by atoms with Crippen LogP contribution >= 0.6 is 35.6 Å². The maximum absolute atomic E-state index is 10.5. The Labute approximate surface area is 166 Å². The average Bonchev–Trinajstić information content (AvgIpc) is 2.59. The number of rotatable bonds is 8. The summed E-state index contributed by atoms with van der Waals surface area (Å²) < 4.78 is 0. The summed E-state index contributed by atoms with van der Waals surface area (Å²) >= 11 is 12.1. The van der Waals surface area contributed by atoms with Gasteiger partial charge in [-0.15, -0.1) is 12.4 Å². The van der Waals surface area contributed by atoms with Crippen LogP contribution in [0, 0.1) is 0 Å². The summed E-state index contributed by atoms with van der Waals surface area (Å²) in [7, 11) is 0. The van der Waals surface area contributed by atoms with E-state index in [1.165, 1.54) is 5.56 Å². The number of nitrogen functional groups attached to an aromatic ring is 1. The molecule has 1 unspecified atom stereocenters. The fraction of sp³-hybridized carbons (Fsp3) is 0.368. The summed E-state index contributed by atoms with van der Waals surface area (Å²) in [5.41, 5.74) is 8.13. The predicted octanol–water partition coefficient (Wildman–Crippen LogP) is 4.99. The Bertz CT molecular complexity index is 629. The minimum absolute atomic E-state index is 0. The number of aliphatic hydroxyl groups excluding tert-OH is 1. The molecule has 2 aromatic rings. The number of halogens is 3. The molecule has 0 aliphatic carbocycles. The molecule has 0 fully saturated rings. The Morgan fingerprint density at radius 2 is 1.72 bits per heavy atom. The van der Waals surface area contributed by atoms with E-state index >= 15 is 0 Å². The van der Waals surface area contributed by atoms with Gasteiger partial charge in [-0.3, -0.25) is 0 Å². The second kappa shape index (κ2) is 10.9. The molecular weight excluding hydrogens is 379 g/mol. The third-order valence-electron chi connectivity index (χ3n) is 4.15. The Morgan fingerprint density at radius 3 is 2.28 bits per heavy atom. The lowest BCUT2D eigenvalue weighted by atomic mass is 10.1. The number of hydrogen-bond acceptors (Lipinski definition) is 3. The topological polar surface area (TPSA) is 49.5 Å². The van der Waals surface area contributed by atoms with Crippen molar-refractivity contribution in [3.05, 3.63) is 63.6 Å². The van der Waals surface area contributed by atoms with E-state index in [1.54, 1.807) is 12.1 Å². The zero-order valence-corrected chi connectivity index (χ0v) is 16.6. The molecule has 6 heteroatoms. The molecule has 0 aliphatic rings. The zero-order chi connectivity index (χ0) is 17.5. The third-order valence-corrected chi connectivity index (χ3v) is 4.77. The second-order valence-electron chi connectivity index (χ2n) is 5.90. The fourth-order valence-electron chi connectivity index (χ4n) is 2.68. The highest BCUT2D eigenvalue weighted by molar-refractivity contribution is 6.38. The molecule has 0 heterocycles. The lowest BCUT2D eigenvalue weighted by Gasteiger charge is -2.24. The van der Waals surface area contributed by atoms with E-state index in [9.17, 15) is 5.11 Å². The van der Waals surface area contributed by atoms with Crippen LogP contribution < -0.4 is 5.73 Å². The number of nitrogens with two attached hydrogens (primary N) is 1. The second-order valence-corrected chi connectivity index (χ2v) is 6.71. The number of aryl methyl sites for hydroxylation is 1. The summed E-state index contributed by atoms with van der Waals surface area (Å²) in [4.78, 5) is 2.23. The van der Waals surface area contributed by atoms with Crippen molar-refractivity contribution in [2.75, 3.05) is 25.4 Å². The molecule has 138 valence electrons. The number of aliphatic hydroxyl groups is 1. The molecule has 2 rings (SSSR count). The van der Waals surface area contributed by atoms with Crippen molar-refractivity contribution in [1.29, 1.82) is 0 Å². The molecule has 0 saturated carbocycles. The van der Waals surface area contributed by atoms with Gasteiger partial charge in [0, 0.05) is 6.54 Å². The Hall–Kier alpha value is -0.970. The molecule has 0 saturated heterocycles. The highest BCUT2D eigenvalue weighted by Crippen LogP contribution is 2.31. The highest BCUT2D eigenvalue weighted by atomic mass is 35.5. The first-order chi connectivity index (χ1) is 11.5. The lowest BCUT2D eigenvalue weighted by molar-refractivity contribution is 0.115. The van der Waals surface area contributed by atoms with Gasteiger partial charge in [-0.1, -0.05) is 60.5 Å². The van der Waals surface area contributed by atoms with Gasteiger partial charge in [0.1, 0.15) is 0 Å². The van der Waals surface area contributed by atoms with Crippen LogP contribution in [0.1, 0.15) is 30.6 Å². The SMILES string of the molecule is CCN(CCCc1ccccc1)CC(O)c1cc(Cl)c(N)c(Cl)c1.Cl. The van der Waals surface area contributed by atoms with Crippen molar-refractivity contribution >= 4 is 41.3 Å². The molecule has 0 bridgehead atoms. The van der Waals surface area contributed by atoms with Crippen LogP contribution in [0.15, 0.2) is 42.5 Å². The summed E-state index contributed by atoms with van der Waals surface area (Å²) in [6.07, 6.45) is 1.44. The summed E-state index contributed by atoms with van der Waals surface area (Å²) in [5, 5.41) is 11.2. The highest BCUT2D eigenvalue weighted by Gasteiger charge is 2.15. The molecule has 0 aromatic heterocycles. The molecule has 3 N–H and O–H groups in total. The predicted molar refractivity (Wildman–Crippen MR) is 110 cm³/mol. The molecule has 0 spiro atoms. The molecule has 25 heavy (non-hydrogen) atoms. The molecule has 3 nitrogen and oxygen atoms in total. The number of hydrogen-bond donors (Lipinski definition) is 2. The summed E-state index contributed by atoms with van der Waals surface area (Å²) in [6.45, 7) is 4.45. The van der Waals surface area contributed by atoms with E-state index in [0.717, 1.165) is 25.9 Å². The number of anilines is 1. The van der Waals surface area contributed by atoms with Crippen molar-refractivity contribution in [2.24, 2.45) is 0 Å². The lowest BCUT2D eigenvalue weighted by Crippen LogP contribution is -2.30. The zero-order valence-electron chi connectivity index (χ0n) is 14.3. The maximum atomic E-state index is 10.5. The van der Waals surface area contributed by atoms with Crippen molar-refractivity contribution in [1.82, 2.24) is 4.90 Å². The number of nitrogens with zero attached hydrogens (tertiary/aromatic N) is 1. The first-order valence-electron chi connectivity index (χ1n) is 8.20. The van der Waals surface area contributed by atoms with Gasteiger partial charge >= 0.3 is 0 Å². The first-order valence-corrected chi connectivity index (χ1v) is 8.95. The smallest absolute Gasteiger partial charge is 0.0917 e. The molecule has 2 aromatic carbocycles. The summed E-state index contributed by atoms with van der Waals surface area (Å²) in [5.74, 6) is 0. The van der Waals surface area contributed by atoms with Crippen molar-refractivity contribution in [3.63, 3.8) is 0 Å². The van der Waals surface area contributed by atoms with Crippen LogP contribution in [0.2, 0.25) is 10.0 Å². The standard InChI is InChI=1S/C19H24Cl2N2O.ClH/c1-2-23(10-6-9-14-7-4-3-5-8-14)13-18(24)15-11-16(20)19(22)17(21)12-15;/h3-5,7-8,11-12,18,24H,2,6,9-10,13,22H2,1H3;1H. The normalized spacial score (nSPS) is 12.0. The van der Waals surface area contributed by atoms with E-state index in [4.69, 9.17) is 28.9 Å². The van der Waals surface area contributed by atoms with Crippen molar-refractivity contribution < 1.29 is 5.11 Å². The number of benzene rings is 2. The molecule has 1 atom stereocenters. The Morgan fingerprint density at radius 1 is 1.12 bits per heavy atom. The van der Waals surface area contributed by atoms with Crippen LogP contribution in [0.4, 0.5) is 5.69 Å². The van der Waals surface area contributed by atoms with Crippen LogP contribution in [-0.4, -0.2) is 29.6 Å². The van der Waals surface area contributed by atoms with Gasteiger partial charge in [-0.25, -0.2) is 0 Å². The van der Waals surface area contributed by atoms with Gasteiger partial charge in [0.2, 0.25) is 0 Å². The van der Waals surface area contributed by atoms with Crippen molar-refractivity contribution in [3.8, 4) is 0 Å². The van der Waals surface area contributed by atoms with Gasteiger partial charge in [0.15, 0.2) is 0 Å². The van der Waals surface area contributed by atoms with E-state index < -0.39 is 6.10 Å². The van der Waals surface area contributed by atoms with Crippen LogP contribution in [0.25, 0.3) is 0 Å². The van der Waals surface area contributed by atoms with Crippen LogP contribution in [-0.2, 0) is 6.42 Å². The van der Waals surface area contributed by atoms with E-state index in [-0.39, 0.29) is 12.4 Å². The van der Waals surface area contributed by atoms with Gasteiger partial charge in [0.05, 0.1) is 21.8 Å². The average molecular weight is 404 g/mol. The first kappa shape index (κ1) is 22.1. The quantitative estimate of drug-likeness (QED) is 0.611. The third kappa shape index (κ3) is 6.69. The monoisotopic (exact) mass is 402 g/mol. The Kier molecular flexibility index (Phi) is 9.62. The van der Waals surface area contributed by atoms with Crippen LogP contribution in [0.3, 0.4) is 0 Å². The fourth-order valence-corrected chi connectivity index (χ4v) is 3.18. The minimum Gasteiger partial charge on any atom is -0.396 e. The van der Waals surface area contributed by atoms with Gasteiger partial charge < -0.3 is 15.7 Å². The summed E-state index contributed by atoms with van der Waals surface area (Å²) in [6, 6.07) is 13.8. The minimum atomic E-state index is -0.641. The maximum Gasteiger partial charge on any atom is 0.0917 e. The molecule has 0 aliphatic heterocycles. The largest absolute Gasteiger partial charge is 0.396 e. The number of likely N-dealkylation sites (N-methyl/N-ethyl adjacent to an activating group) is 1. The van der Waals surface area contributed by atoms with E-state index in [0.29, 0.717) is 27.8 Å². The molecular formula is C19H25Cl3N2O. The van der Waals surface area contributed by atoms with E-state index in [2.05, 4.69) is 36.1 Å². The van der Waals surface area contributed by atoms with Gasteiger partial charge in [-0.05, 0) is 49.2 Å². The Balaban J connectivity index is 0.00000312. The van der Waals surface area contributed by atoms with E-state index in [1.807, 2.05) is 6.07 Å². The molecule has 0 radical (unpaired) electrons. The molecule has 0 amide bonds. The van der Waals surface area contributed by atoms with Crippen molar-refractivity contribution in [2.45, 2.75) is 25.9 Å². The van der Waals surface area contributed by atoms with Gasteiger partial charge in [0.25, 0.3) is 0 Å². The van der Waals surface area contributed by atoms with Crippen LogP contribution in [0.5, 0.6) is 0 Å².